The van der Waals surface area contributed by atoms with Crippen molar-refractivity contribution in [3.63, 3.8) is 0 Å². The van der Waals surface area contributed by atoms with E-state index < -0.39 is 16.6 Å². The highest BCUT2D eigenvalue weighted by molar-refractivity contribution is 5.95. The van der Waals surface area contributed by atoms with Gasteiger partial charge in [0.2, 0.25) is 0 Å². The summed E-state index contributed by atoms with van der Waals surface area (Å²) in [7, 11) is 0. The number of hydrogen-bond acceptors (Lipinski definition) is 3. The van der Waals surface area contributed by atoms with Gasteiger partial charge in [-0.3, -0.25) is 14.9 Å². The molecule has 1 rings (SSSR count). The third-order valence-electron chi connectivity index (χ3n) is 3.96. The van der Waals surface area contributed by atoms with Gasteiger partial charge in [0, 0.05) is 18.7 Å². The van der Waals surface area contributed by atoms with E-state index in [0.717, 1.165) is 12.1 Å². The molecule has 1 amide bonds. The Hall–Kier alpha value is -1.98. The highest BCUT2D eigenvalue weighted by Crippen LogP contribution is 2.25. The van der Waals surface area contributed by atoms with Crippen LogP contribution in [0, 0.1) is 34.2 Å². The molecule has 0 heterocycles. The van der Waals surface area contributed by atoms with Crippen molar-refractivity contribution in [1.82, 2.24) is 5.32 Å². The molecule has 6 heteroatoms. The first-order valence-electron chi connectivity index (χ1n) is 6.79. The standard InChI is InChI=1S/C15H21FN2O3/c1-9(2)15(4,5)8-17-14(19)12-7-11(18(20)21)6-10(3)13(12)16/h6-7,9H,8H2,1-5H3,(H,17,19). The summed E-state index contributed by atoms with van der Waals surface area (Å²) < 4.78 is 14.0. The van der Waals surface area contributed by atoms with Crippen molar-refractivity contribution in [1.29, 1.82) is 0 Å². The molecule has 0 aliphatic carbocycles. The first-order valence-corrected chi connectivity index (χ1v) is 6.79. The molecule has 0 bridgehead atoms. The van der Waals surface area contributed by atoms with Gasteiger partial charge in [-0.15, -0.1) is 0 Å². The largest absolute Gasteiger partial charge is 0.351 e. The number of rotatable bonds is 5. The van der Waals surface area contributed by atoms with Gasteiger partial charge in [0.25, 0.3) is 11.6 Å². The maximum Gasteiger partial charge on any atom is 0.270 e. The van der Waals surface area contributed by atoms with Crippen LogP contribution >= 0.6 is 0 Å². The van der Waals surface area contributed by atoms with E-state index in [4.69, 9.17) is 0 Å². The number of carbonyl (C=O) groups excluding carboxylic acids is 1. The SMILES string of the molecule is Cc1cc([N+](=O)[O-])cc(C(=O)NCC(C)(C)C(C)C)c1F. The van der Waals surface area contributed by atoms with Crippen molar-refractivity contribution in [2.75, 3.05) is 6.54 Å². The van der Waals surface area contributed by atoms with Gasteiger partial charge in [0.05, 0.1) is 10.5 Å². The molecule has 1 aromatic rings. The van der Waals surface area contributed by atoms with Gasteiger partial charge < -0.3 is 5.32 Å². The van der Waals surface area contributed by atoms with Crippen LogP contribution in [0.3, 0.4) is 0 Å². The summed E-state index contributed by atoms with van der Waals surface area (Å²) in [5, 5.41) is 13.5. The van der Waals surface area contributed by atoms with Crippen molar-refractivity contribution >= 4 is 11.6 Å². The molecular formula is C15H21FN2O3. The number of benzene rings is 1. The average Bonchev–Trinajstić information content (AvgIpc) is 2.38. The van der Waals surface area contributed by atoms with Gasteiger partial charge in [0.1, 0.15) is 5.82 Å². The molecule has 0 saturated heterocycles. The minimum Gasteiger partial charge on any atom is -0.351 e. The van der Waals surface area contributed by atoms with E-state index in [1.807, 2.05) is 27.7 Å². The maximum atomic E-state index is 14.0. The van der Waals surface area contributed by atoms with E-state index >= 15 is 0 Å². The van der Waals surface area contributed by atoms with E-state index in [2.05, 4.69) is 5.32 Å². The molecule has 0 atom stereocenters. The molecule has 0 aromatic heterocycles. The second-order valence-corrected chi connectivity index (χ2v) is 6.21. The number of halogens is 1. The zero-order chi connectivity index (χ0) is 16.4. The fraction of sp³-hybridized carbons (Fsp3) is 0.533. The average molecular weight is 296 g/mol. The van der Waals surface area contributed by atoms with Crippen molar-refractivity contribution in [3.05, 3.63) is 39.2 Å². The smallest absolute Gasteiger partial charge is 0.270 e. The highest BCUT2D eigenvalue weighted by atomic mass is 19.1. The third kappa shape index (κ3) is 4.00. The van der Waals surface area contributed by atoms with Crippen LogP contribution in [0.15, 0.2) is 12.1 Å². The van der Waals surface area contributed by atoms with E-state index in [1.54, 1.807) is 0 Å². The third-order valence-corrected chi connectivity index (χ3v) is 3.96. The molecule has 116 valence electrons. The Bertz CT molecular complexity index is 568. The Balaban J connectivity index is 3.00. The lowest BCUT2D eigenvalue weighted by Crippen LogP contribution is -2.37. The van der Waals surface area contributed by atoms with Crippen LogP contribution in [0.4, 0.5) is 10.1 Å². The lowest BCUT2D eigenvalue weighted by molar-refractivity contribution is -0.385. The van der Waals surface area contributed by atoms with Crippen molar-refractivity contribution in [3.8, 4) is 0 Å². The van der Waals surface area contributed by atoms with Crippen LogP contribution < -0.4 is 5.32 Å². The van der Waals surface area contributed by atoms with Crippen LogP contribution in [-0.2, 0) is 0 Å². The van der Waals surface area contributed by atoms with Crippen molar-refractivity contribution in [2.24, 2.45) is 11.3 Å². The monoisotopic (exact) mass is 296 g/mol. The summed E-state index contributed by atoms with van der Waals surface area (Å²) >= 11 is 0. The zero-order valence-electron chi connectivity index (χ0n) is 13.0. The number of nitrogens with one attached hydrogen (secondary N) is 1. The van der Waals surface area contributed by atoms with Crippen LogP contribution in [0.25, 0.3) is 0 Å². The predicted molar refractivity (Wildman–Crippen MR) is 78.7 cm³/mol. The van der Waals surface area contributed by atoms with Gasteiger partial charge >= 0.3 is 0 Å². The summed E-state index contributed by atoms with van der Waals surface area (Å²) in [5.41, 5.74) is -0.650. The number of carbonyl (C=O) groups is 1. The summed E-state index contributed by atoms with van der Waals surface area (Å²) in [4.78, 5) is 22.2. The Morgan fingerprint density at radius 2 is 2.00 bits per heavy atom. The topological polar surface area (TPSA) is 72.2 Å². The number of non-ortho nitro benzene ring substituents is 1. The zero-order valence-corrected chi connectivity index (χ0v) is 13.0. The van der Waals surface area contributed by atoms with E-state index in [-0.39, 0.29) is 22.2 Å². The first kappa shape index (κ1) is 17.1. The molecule has 0 unspecified atom stereocenters. The van der Waals surface area contributed by atoms with Gasteiger partial charge in [-0.1, -0.05) is 27.7 Å². The number of aryl methyl sites for hydroxylation is 1. The van der Waals surface area contributed by atoms with Crippen molar-refractivity contribution in [2.45, 2.75) is 34.6 Å². The Morgan fingerprint density at radius 3 is 2.48 bits per heavy atom. The van der Waals surface area contributed by atoms with Crippen LogP contribution in [0.5, 0.6) is 0 Å². The second-order valence-electron chi connectivity index (χ2n) is 6.21. The van der Waals surface area contributed by atoms with Crippen LogP contribution in [0.2, 0.25) is 0 Å². The molecular weight excluding hydrogens is 275 g/mol. The molecule has 5 nitrogen and oxygen atoms in total. The lowest BCUT2D eigenvalue weighted by Gasteiger charge is -2.29. The molecule has 21 heavy (non-hydrogen) atoms. The molecule has 0 aliphatic heterocycles. The second kappa shape index (κ2) is 6.20. The number of nitro groups is 1. The molecule has 1 aromatic carbocycles. The Kier molecular flexibility index (Phi) is 5.04. The number of amides is 1. The number of hydrogen-bond donors (Lipinski definition) is 1. The highest BCUT2D eigenvalue weighted by Gasteiger charge is 2.25. The van der Waals surface area contributed by atoms with Crippen LogP contribution in [-0.4, -0.2) is 17.4 Å². The van der Waals surface area contributed by atoms with Gasteiger partial charge in [-0.25, -0.2) is 4.39 Å². The number of nitrogens with zero attached hydrogens (tertiary/aromatic N) is 1. The first-order chi connectivity index (χ1) is 9.56. The molecule has 0 saturated carbocycles. The predicted octanol–water partition coefficient (Wildman–Crippen LogP) is 3.45. The molecule has 0 fully saturated rings. The van der Waals surface area contributed by atoms with Gasteiger partial charge in [-0.2, -0.15) is 0 Å². The van der Waals surface area contributed by atoms with Gasteiger partial charge in [0.15, 0.2) is 0 Å². The van der Waals surface area contributed by atoms with E-state index in [1.165, 1.54) is 6.92 Å². The Morgan fingerprint density at radius 1 is 1.43 bits per heavy atom. The van der Waals surface area contributed by atoms with E-state index in [0.29, 0.717) is 12.5 Å². The molecule has 1 N–H and O–H groups in total. The lowest BCUT2D eigenvalue weighted by atomic mass is 9.81. The van der Waals surface area contributed by atoms with Gasteiger partial charge in [-0.05, 0) is 23.8 Å². The molecule has 0 radical (unpaired) electrons. The fourth-order valence-electron chi connectivity index (χ4n) is 1.63. The molecule has 0 aliphatic rings. The van der Waals surface area contributed by atoms with Crippen LogP contribution in [0.1, 0.15) is 43.6 Å². The minimum absolute atomic E-state index is 0.0810. The summed E-state index contributed by atoms with van der Waals surface area (Å²) in [5.74, 6) is -1.03. The van der Waals surface area contributed by atoms with Crippen molar-refractivity contribution < 1.29 is 14.1 Å². The summed E-state index contributed by atoms with van der Waals surface area (Å²) in [6, 6.07) is 2.09. The summed E-state index contributed by atoms with van der Waals surface area (Å²) in [6.45, 7) is 9.82. The fourth-order valence-corrected chi connectivity index (χ4v) is 1.63. The normalized spacial score (nSPS) is 11.6. The Labute approximate surface area is 123 Å². The summed E-state index contributed by atoms with van der Waals surface area (Å²) in [6.07, 6.45) is 0. The number of nitro benzene ring substituents is 1. The minimum atomic E-state index is -0.722. The maximum absolute atomic E-state index is 14.0. The quantitative estimate of drug-likeness (QED) is 0.668. The molecule has 0 spiro atoms. The van der Waals surface area contributed by atoms with E-state index in [9.17, 15) is 19.3 Å².